The van der Waals surface area contributed by atoms with Crippen molar-refractivity contribution in [3.8, 4) is 17.2 Å². The van der Waals surface area contributed by atoms with Gasteiger partial charge in [0.05, 0.1) is 27.4 Å². The summed E-state index contributed by atoms with van der Waals surface area (Å²) < 4.78 is 40.4. The van der Waals surface area contributed by atoms with Gasteiger partial charge in [0, 0.05) is 22.8 Å². The fourth-order valence-corrected chi connectivity index (χ4v) is 3.63. The molecule has 0 saturated heterocycles. The van der Waals surface area contributed by atoms with Gasteiger partial charge < -0.3 is 10.6 Å². The Hall–Kier alpha value is -4.09. The quantitative estimate of drug-likeness (QED) is 0.338. The number of carbonyl (C=O) groups excluding carboxylic acids is 1. The number of carbonyl (C=O) groups is 1. The van der Waals surface area contributed by atoms with Crippen LogP contribution in [0.25, 0.3) is 22.0 Å². The van der Waals surface area contributed by atoms with Crippen LogP contribution < -0.4 is 10.6 Å². The molecule has 4 aromatic rings. The first-order valence-electron chi connectivity index (χ1n) is 9.60. The molecule has 2 amide bonds. The number of urea groups is 1. The lowest BCUT2D eigenvalue weighted by atomic mass is 9.95. The minimum absolute atomic E-state index is 0.111. The lowest BCUT2D eigenvalue weighted by molar-refractivity contribution is -0.136. The van der Waals surface area contributed by atoms with Crippen molar-refractivity contribution in [2.75, 3.05) is 10.6 Å². The molecule has 0 radical (unpaired) electrons. The van der Waals surface area contributed by atoms with Crippen LogP contribution in [0.5, 0.6) is 0 Å². The van der Waals surface area contributed by atoms with Crippen molar-refractivity contribution < 1.29 is 18.0 Å². The minimum Gasteiger partial charge on any atom is -0.308 e. The molecule has 5 nitrogen and oxygen atoms in total. The number of hydrogen-bond donors (Lipinski definition) is 2. The number of aromatic nitrogens is 1. The van der Waals surface area contributed by atoms with Crippen LogP contribution >= 0.6 is 11.6 Å². The maximum Gasteiger partial charge on any atom is 0.418 e. The second-order valence-corrected chi connectivity index (χ2v) is 7.41. The number of anilines is 2. The highest BCUT2D eigenvalue weighted by atomic mass is 35.5. The minimum atomic E-state index is -4.60. The number of halogens is 4. The van der Waals surface area contributed by atoms with Crippen LogP contribution in [0.3, 0.4) is 0 Å². The molecule has 9 heteroatoms. The molecule has 1 heterocycles. The zero-order valence-electron chi connectivity index (χ0n) is 16.7. The van der Waals surface area contributed by atoms with Crippen molar-refractivity contribution in [2.24, 2.45) is 0 Å². The normalized spacial score (nSPS) is 11.1. The summed E-state index contributed by atoms with van der Waals surface area (Å²) in [6, 6.07) is 18.3. The Morgan fingerprint density at radius 3 is 2.48 bits per heavy atom. The first kappa shape index (κ1) is 22.1. The van der Waals surface area contributed by atoms with Gasteiger partial charge in [0.1, 0.15) is 6.07 Å². The first-order chi connectivity index (χ1) is 15.8. The number of nitrogens with zero attached hydrogens (tertiary/aromatic N) is 2. The average Bonchev–Trinajstić information content (AvgIpc) is 2.78. The molecule has 0 aliphatic carbocycles. The molecule has 4 rings (SSSR count). The molecule has 0 aliphatic rings. The third kappa shape index (κ3) is 4.59. The van der Waals surface area contributed by atoms with Crippen LogP contribution in [0.15, 0.2) is 72.9 Å². The number of nitrogens with one attached hydrogen (secondary N) is 2. The van der Waals surface area contributed by atoms with Gasteiger partial charge in [-0.2, -0.15) is 18.4 Å². The number of para-hydroxylation sites is 2. The summed E-state index contributed by atoms with van der Waals surface area (Å²) in [4.78, 5) is 16.3. The summed E-state index contributed by atoms with van der Waals surface area (Å²) in [6.45, 7) is 0. The van der Waals surface area contributed by atoms with Gasteiger partial charge in [-0.1, -0.05) is 48.0 Å². The van der Waals surface area contributed by atoms with Crippen LogP contribution in [-0.4, -0.2) is 11.0 Å². The number of amides is 2. The SMILES string of the molecule is N#Cc1cnc2c(C(F)(F)F)cccc2c1-c1cccc(NC(=O)Nc2ccccc2Cl)c1. The Morgan fingerprint density at radius 1 is 1.00 bits per heavy atom. The predicted molar refractivity (Wildman–Crippen MR) is 121 cm³/mol. The number of rotatable bonds is 3. The molecular formula is C24H14ClF3N4O. The third-order valence-corrected chi connectivity index (χ3v) is 5.18. The van der Waals surface area contributed by atoms with Crippen molar-refractivity contribution in [2.45, 2.75) is 6.18 Å². The van der Waals surface area contributed by atoms with Gasteiger partial charge in [-0.25, -0.2) is 4.79 Å². The van der Waals surface area contributed by atoms with E-state index in [2.05, 4.69) is 15.6 Å². The molecule has 33 heavy (non-hydrogen) atoms. The number of pyridine rings is 1. The van der Waals surface area contributed by atoms with Gasteiger partial charge in [0.25, 0.3) is 0 Å². The van der Waals surface area contributed by atoms with Crippen LogP contribution in [0.1, 0.15) is 11.1 Å². The second kappa shape index (κ2) is 8.81. The summed E-state index contributed by atoms with van der Waals surface area (Å²) in [6.07, 6.45) is -3.48. The molecule has 2 N–H and O–H groups in total. The molecule has 0 fully saturated rings. The summed E-state index contributed by atoms with van der Waals surface area (Å²) in [5.74, 6) is 0. The Balaban J connectivity index is 1.74. The van der Waals surface area contributed by atoms with E-state index in [1.807, 2.05) is 6.07 Å². The van der Waals surface area contributed by atoms with Gasteiger partial charge in [0.2, 0.25) is 0 Å². The molecule has 0 bridgehead atoms. The maximum absolute atomic E-state index is 13.5. The van der Waals surface area contributed by atoms with Crippen molar-refractivity contribution in [3.05, 3.63) is 89.1 Å². The number of fused-ring (bicyclic) bond motifs is 1. The molecule has 0 saturated carbocycles. The van der Waals surface area contributed by atoms with Gasteiger partial charge in [-0.15, -0.1) is 0 Å². The highest BCUT2D eigenvalue weighted by Crippen LogP contribution is 2.38. The largest absolute Gasteiger partial charge is 0.418 e. The fraction of sp³-hybridized carbons (Fsp3) is 0.0417. The summed E-state index contributed by atoms with van der Waals surface area (Å²) in [5, 5.41) is 15.4. The summed E-state index contributed by atoms with van der Waals surface area (Å²) >= 11 is 6.05. The van der Waals surface area contributed by atoms with E-state index in [1.54, 1.807) is 48.5 Å². The standard InChI is InChI=1S/C24H14ClF3N4O/c25-19-9-1-2-10-20(19)32-23(33)31-16-6-3-5-14(11-16)21-15(12-29)13-30-22-17(21)7-4-8-18(22)24(26,27)28/h1-11,13H,(H2,31,32,33). The van der Waals surface area contributed by atoms with E-state index in [1.165, 1.54) is 12.1 Å². The van der Waals surface area contributed by atoms with Crippen LogP contribution in [-0.2, 0) is 6.18 Å². The van der Waals surface area contributed by atoms with Gasteiger partial charge in [-0.3, -0.25) is 4.98 Å². The van der Waals surface area contributed by atoms with Crippen LogP contribution in [0.4, 0.5) is 29.3 Å². The van der Waals surface area contributed by atoms with Gasteiger partial charge in [0.15, 0.2) is 0 Å². The molecular weight excluding hydrogens is 453 g/mol. The monoisotopic (exact) mass is 466 g/mol. The van der Waals surface area contributed by atoms with Crippen molar-refractivity contribution in [1.29, 1.82) is 5.26 Å². The van der Waals surface area contributed by atoms with E-state index in [0.717, 1.165) is 12.3 Å². The number of nitriles is 1. The van der Waals surface area contributed by atoms with Crippen LogP contribution in [0.2, 0.25) is 5.02 Å². The van der Waals surface area contributed by atoms with E-state index < -0.39 is 17.8 Å². The summed E-state index contributed by atoms with van der Waals surface area (Å²) in [7, 11) is 0. The summed E-state index contributed by atoms with van der Waals surface area (Å²) in [5.41, 5.74) is 0.502. The van der Waals surface area contributed by atoms with E-state index in [-0.39, 0.29) is 16.5 Å². The Labute approximate surface area is 191 Å². The maximum atomic E-state index is 13.5. The van der Waals surface area contributed by atoms with E-state index in [9.17, 15) is 23.2 Å². The molecule has 3 aromatic carbocycles. The van der Waals surface area contributed by atoms with Crippen molar-refractivity contribution in [3.63, 3.8) is 0 Å². The third-order valence-electron chi connectivity index (χ3n) is 4.85. The van der Waals surface area contributed by atoms with E-state index in [4.69, 9.17) is 11.6 Å². The van der Waals surface area contributed by atoms with Crippen LogP contribution in [0, 0.1) is 11.3 Å². The Morgan fingerprint density at radius 2 is 1.76 bits per heavy atom. The van der Waals surface area contributed by atoms with Gasteiger partial charge >= 0.3 is 12.2 Å². The topological polar surface area (TPSA) is 77.8 Å². The molecule has 0 unspecified atom stereocenters. The fourth-order valence-electron chi connectivity index (χ4n) is 3.45. The highest BCUT2D eigenvalue weighted by molar-refractivity contribution is 6.33. The number of hydrogen-bond acceptors (Lipinski definition) is 3. The molecule has 1 aromatic heterocycles. The average molecular weight is 467 g/mol. The zero-order valence-corrected chi connectivity index (χ0v) is 17.5. The Bertz CT molecular complexity index is 1410. The predicted octanol–water partition coefficient (Wildman–Crippen LogP) is 7.09. The second-order valence-electron chi connectivity index (χ2n) is 7.00. The number of alkyl halides is 3. The van der Waals surface area contributed by atoms with Crippen molar-refractivity contribution >= 4 is 39.9 Å². The first-order valence-corrected chi connectivity index (χ1v) is 9.97. The molecule has 0 atom stereocenters. The van der Waals surface area contributed by atoms with Crippen molar-refractivity contribution in [1.82, 2.24) is 4.98 Å². The lowest BCUT2D eigenvalue weighted by Crippen LogP contribution is -2.19. The number of benzene rings is 3. The van der Waals surface area contributed by atoms with Gasteiger partial charge in [-0.05, 0) is 35.9 Å². The molecule has 0 spiro atoms. The lowest BCUT2D eigenvalue weighted by Gasteiger charge is -2.14. The zero-order chi connectivity index (χ0) is 23.6. The molecule has 164 valence electrons. The smallest absolute Gasteiger partial charge is 0.308 e. The molecule has 0 aliphatic heterocycles. The van der Waals surface area contributed by atoms with E-state index in [0.29, 0.717) is 27.5 Å². The highest BCUT2D eigenvalue weighted by Gasteiger charge is 2.33. The Kier molecular flexibility index (Phi) is 5.90. The van der Waals surface area contributed by atoms with E-state index >= 15 is 0 Å².